The number of pyridine rings is 1. The number of hydrogen-bond acceptors (Lipinski definition) is 2. The summed E-state index contributed by atoms with van der Waals surface area (Å²) in [7, 11) is 0. The van der Waals surface area contributed by atoms with Crippen LogP contribution in [0.15, 0.2) is 103 Å². The minimum absolute atomic E-state index is 1.19. The molecule has 27 heavy (non-hydrogen) atoms. The molecule has 0 aliphatic rings. The summed E-state index contributed by atoms with van der Waals surface area (Å²) in [5, 5.41) is 2.58. The minimum Gasteiger partial charge on any atom is -0.264 e. The van der Waals surface area contributed by atoms with E-state index in [1.54, 1.807) is 0 Å². The molecule has 0 unspecified atom stereocenters. The van der Waals surface area contributed by atoms with Gasteiger partial charge in [0.25, 0.3) is 0 Å². The average molecular weight is 363 g/mol. The highest BCUT2D eigenvalue weighted by Gasteiger charge is 2.16. The van der Waals surface area contributed by atoms with Crippen molar-refractivity contribution < 1.29 is 0 Å². The zero-order valence-electron chi connectivity index (χ0n) is 14.7. The van der Waals surface area contributed by atoms with Gasteiger partial charge in [-0.25, -0.2) is 0 Å². The van der Waals surface area contributed by atoms with Crippen LogP contribution in [0.25, 0.3) is 42.8 Å². The molecule has 3 aromatic carbocycles. The van der Waals surface area contributed by atoms with Crippen LogP contribution in [0.1, 0.15) is 0 Å². The molecule has 0 amide bonds. The van der Waals surface area contributed by atoms with Gasteiger partial charge in [-0.2, -0.15) is 0 Å². The van der Waals surface area contributed by atoms with Crippen molar-refractivity contribution in [3.63, 3.8) is 0 Å². The maximum absolute atomic E-state index is 4.44. The Bertz CT molecular complexity index is 1210. The van der Waals surface area contributed by atoms with Crippen molar-refractivity contribution in [2.24, 2.45) is 0 Å². The van der Waals surface area contributed by atoms with E-state index in [4.69, 9.17) is 0 Å². The summed E-state index contributed by atoms with van der Waals surface area (Å²) >= 11 is 1.85. The molecule has 2 heteroatoms. The van der Waals surface area contributed by atoms with Gasteiger partial charge in [0.05, 0.1) is 0 Å². The van der Waals surface area contributed by atoms with Gasteiger partial charge < -0.3 is 0 Å². The van der Waals surface area contributed by atoms with Crippen LogP contribution >= 0.6 is 11.3 Å². The number of hydrogen-bond donors (Lipinski definition) is 0. The monoisotopic (exact) mass is 363 g/mol. The highest BCUT2D eigenvalue weighted by Crippen LogP contribution is 2.46. The van der Waals surface area contributed by atoms with E-state index in [9.17, 15) is 0 Å². The molecule has 0 spiro atoms. The zero-order valence-corrected chi connectivity index (χ0v) is 15.5. The highest BCUT2D eigenvalue weighted by molar-refractivity contribution is 7.21. The topological polar surface area (TPSA) is 12.9 Å². The molecule has 0 atom stereocenters. The molecule has 128 valence electrons. The third-order valence-electron chi connectivity index (χ3n) is 4.81. The second kappa shape index (κ2) is 6.82. The maximum Gasteiger partial charge on any atom is 0.0449 e. The lowest BCUT2D eigenvalue weighted by molar-refractivity contribution is 1.33. The maximum atomic E-state index is 4.44. The molecular weight excluding hydrogens is 346 g/mol. The van der Waals surface area contributed by atoms with E-state index in [0.29, 0.717) is 0 Å². The smallest absolute Gasteiger partial charge is 0.0449 e. The number of aromatic nitrogens is 1. The first-order chi connectivity index (χ1) is 13.4. The molecule has 5 aromatic rings. The molecule has 2 aromatic heterocycles. The number of benzene rings is 3. The van der Waals surface area contributed by atoms with Gasteiger partial charge in [-0.15, -0.1) is 11.3 Å². The van der Waals surface area contributed by atoms with E-state index in [2.05, 4.69) is 96.0 Å². The van der Waals surface area contributed by atoms with E-state index in [0.717, 1.165) is 0 Å². The fourth-order valence-corrected chi connectivity index (χ4v) is 4.85. The van der Waals surface area contributed by atoms with Crippen LogP contribution < -0.4 is 0 Å². The van der Waals surface area contributed by atoms with Gasteiger partial charge in [0.2, 0.25) is 0 Å². The Kier molecular flexibility index (Phi) is 4.04. The molecule has 0 saturated carbocycles. The first kappa shape index (κ1) is 16.0. The predicted octanol–water partition coefficient (Wildman–Crippen LogP) is 7.30. The lowest BCUT2D eigenvalue weighted by Crippen LogP contribution is -1.85. The van der Waals surface area contributed by atoms with Gasteiger partial charge in [0.1, 0.15) is 0 Å². The predicted molar refractivity (Wildman–Crippen MR) is 116 cm³/mol. The first-order valence-electron chi connectivity index (χ1n) is 8.98. The Balaban J connectivity index is 1.79. The number of rotatable bonds is 3. The van der Waals surface area contributed by atoms with Crippen LogP contribution in [-0.2, 0) is 0 Å². The normalized spacial score (nSPS) is 11.0. The molecule has 0 fully saturated rings. The summed E-state index contributed by atoms with van der Waals surface area (Å²) in [6.45, 7) is 0. The molecular formula is C25H17NS. The second-order valence-electron chi connectivity index (χ2n) is 6.46. The van der Waals surface area contributed by atoms with Gasteiger partial charge in [-0.3, -0.25) is 4.98 Å². The lowest BCUT2D eigenvalue weighted by Gasteiger charge is -2.08. The number of thiophene rings is 1. The fraction of sp³-hybridized carbons (Fsp3) is 0. The summed E-state index contributed by atoms with van der Waals surface area (Å²) < 4.78 is 0. The largest absolute Gasteiger partial charge is 0.264 e. The van der Waals surface area contributed by atoms with Crippen molar-refractivity contribution in [2.75, 3.05) is 0 Å². The average Bonchev–Trinajstić information content (AvgIpc) is 3.15. The van der Waals surface area contributed by atoms with Gasteiger partial charge in [-0.1, -0.05) is 84.9 Å². The van der Waals surface area contributed by atoms with Crippen LogP contribution in [0.5, 0.6) is 0 Å². The van der Waals surface area contributed by atoms with Gasteiger partial charge >= 0.3 is 0 Å². The first-order valence-corrected chi connectivity index (χ1v) is 9.80. The second-order valence-corrected chi connectivity index (χ2v) is 7.48. The van der Waals surface area contributed by atoms with Crippen molar-refractivity contribution in [1.29, 1.82) is 0 Å². The Morgan fingerprint density at radius 2 is 1.11 bits per heavy atom. The summed E-state index contributed by atoms with van der Waals surface area (Å²) in [5.74, 6) is 0. The molecule has 0 N–H and O–H groups in total. The summed E-state index contributed by atoms with van der Waals surface area (Å²) in [6, 6.07) is 32.0. The van der Waals surface area contributed by atoms with E-state index in [-0.39, 0.29) is 0 Å². The van der Waals surface area contributed by atoms with Crippen molar-refractivity contribution in [2.45, 2.75) is 0 Å². The SMILES string of the molecule is c1ccc(-c2ccncc2-c2sc(-c3ccccc3)c3ccccc23)cc1. The van der Waals surface area contributed by atoms with Crippen LogP contribution in [0.3, 0.4) is 0 Å². The third-order valence-corrected chi connectivity index (χ3v) is 6.11. The van der Waals surface area contributed by atoms with Crippen LogP contribution in [-0.4, -0.2) is 4.98 Å². The van der Waals surface area contributed by atoms with Crippen LogP contribution in [0.4, 0.5) is 0 Å². The van der Waals surface area contributed by atoms with Crippen LogP contribution in [0, 0.1) is 0 Å². The number of nitrogens with zero attached hydrogens (tertiary/aromatic N) is 1. The van der Waals surface area contributed by atoms with Gasteiger partial charge in [0.15, 0.2) is 0 Å². The van der Waals surface area contributed by atoms with Gasteiger partial charge in [0, 0.05) is 38.5 Å². The van der Waals surface area contributed by atoms with E-state index in [1.807, 2.05) is 23.7 Å². The molecule has 0 aliphatic heterocycles. The minimum atomic E-state index is 1.19. The summed E-state index contributed by atoms with van der Waals surface area (Å²) in [5.41, 5.74) is 4.88. The van der Waals surface area contributed by atoms with Crippen LogP contribution in [0.2, 0.25) is 0 Å². The Morgan fingerprint density at radius 1 is 0.519 bits per heavy atom. The molecule has 0 saturated heterocycles. The molecule has 0 radical (unpaired) electrons. The molecule has 5 rings (SSSR count). The summed E-state index contributed by atoms with van der Waals surface area (Å²) in [6.07, 6.45) is 3.87. The third kappa shape index (κ3) is 2.84. The van der Waals surface area contributed by atoms with Crippen molar-refractivity contribution >= 4 is 22.1 Å². The molecule has 2 heterocycles. The van der Waals surface area contributed by atoms with E-state index >= 15 is 0 Å². The summed E-state index contributed by atoms with van der Waals surface area (Å²) in [4.78, 5) is 7.03. The van der Waals surface area contributed by atoms with E-state index in [1.165, 1.54) is 42.8 Å². The lowest BCUT2D eigenvalue weighted by atomic mass is 9.98. The highest BCUT2D eigenvalue weighted by atomic mass is 32.1. The Morgan fingerprint density at radius 3 is 1.81 bits per heavy atom. The van der Waals surface area contributed by atoms with Crippen molar-refractivity contribution in [1.82, 2.24) is 4.98 Å². The Labute approximate surface area is 162 Å². The molecule has 0 aliphatic carbocycles. The zero-order chi connectivity index (χ0) is 18.1. The van der Waals surface area contributed by atoms with Gasteiger partial charge in [-0.05, 0) is 22.8 Å². The standard InChI is InChI=1S/C25H17NS/c1-3-9-18(10-4-1)20-15-16-26-17-23(20)25-22-14-8-7-13-21(22)24(27-25)19-11-5-2-6-12-19/h1-17H. The molecule has 0 bridgehead atoms. The number of fused-ring (bicyclic) bond motifs is 1. The molecule has 1 nitrogen and oxygen atoms in total. The van der Waals surface area contributed by atoms with E-state index < -0.39 is 0 Å². The quantitative estimate of drug-likeness (QED) is 0.328. The van der Waals surface area contributed by atoms with Crippen molar-refractivity contribution in [3.8, 4) is 32.0 Å². The Hall–Kier alpha value is -3.23. The fourth-order valence-electron chi connectivity index (χ4n) is 3.54. The van der Waals surface area contributed by atoms with Crippen molar-refractivity contribution in [3.05, 3.63) is 103 Å².